The molecule has 2 heterocycles. The molecule has 0 atom stereocenters. The molecule has 4 heteroatoms. The maximum Gasteiger partial charge on any atom is 0.138 e. The van der Waals surface area contributed by atoms with Gasteiger partial charge in [0.1, 0.15) is 12.4 Å². The molecule has 0 N–H and O–H groups in total. The van der Waals surface area contributed by atoms with Gasteiger partial charge in [-0.2, -0.15) is 5.10 Å². The van der Waals surface area contributed by atoms with Crippen molar-refractivity contribution in [2.75, 3.05) is 6.61 Å². The minimum absolute atomic E-state index is 0.604. The van der Waals surface area contributed by atoms with Crippen LogP contribution in [0.3, 0.4) is 0 Å². The van der Waals surface area contributed by atoms with Gasteiger partial charge in [-0.15, -0.1) is 0 Å². The van der Waals surface area contributed by atoms with Crippen LogP contribution in [-0.2, 0) is 0 Å². The Hall–Kier alpha value is -2.10. The van der Waals surface area contributed by atoms with Crippen molar-refractivity contribution < 1.29 is 4.74 Å². The van der Waals surface area contributed by atoms with E-state index < -0.39 is 0 Å². The Morgan fingerprint density at radius 3 is 2.83 bits per heavy atom. The molecule has 24 heavy (non-hydrogen) atoms. The molecule has 126 valence electrons. The molecule has 0 spiro atoms. The largest absolute Gasteiger partial charge is 0.488 e. The second kappa shape index (κ2) is 6.80. The van der Waals surface area contributed by atoms with E-state index in [1.165, 1.54) is 48.9 Å². The van der Waals surface area contributed by atoms with Gasteiger partial charge in [-0.1, -0.05) is 0 Å². The zero-order valence-electron chi connectivity index (χ0n) is 14.4. The Bertz CT molecular complexity index is 743. The highest BCUT2D eigenvalue weighted by Crippen LogP contribution is 2.37. The molecule has 2 aromatic rings. The van der Waals surface area contributed by atoms with Crippen LogP contribution in [0.1, 0.15) is 62.2 Å². The zero-order chi connectivity index (χ0) is 16.4. The first-order valence-electron chi connectivity index (χ1n) is 9.10. The summed E-state index contributed by atoms with van der Waals surface area (Å²) in [5.41, 5.74) is 5.35. The SMILES string of the molecule is Cc1cncc(OCC2=C(c3ccnn3C3CCC3)CCCC2)c1. The first-order chi connectivity index (χ1) is 11.8. The fraction of sp³-hybridized carbons (Fsp3) is 0.500. The van der Waals surface area contributed by atoms with Crippen LogP contribution in [0.5, 0.6) is 5.75 Å². The van der Waals surface area contributed by atoms with Gasteiger partial charge in [-0.3, -0.25) is 9.67 Å². The molecule has 0 unspecified atom stereocenters. The van der Waals surface area contributed by atoms with Crippen LogP contribution in [0.4, 0.5) is 0 Å². The van der Waals surface area contributed by atoms with Crippen molar-refractivity contribution in [3.63, 3.8) is 0 Å². The maximum atomic E-state index is 6.05. The smallest absolute Gasteiger partial charge is 0.138 e. The van der Waals surface area contributed by atoms with Crippen molar-refractivity contribution in [1.29, 1.82) is 0 Å². The third-order valence-electron chi connectivity index (χ3n) is 5.25. The highest BCUT2D eigenvalue weighted by molar-refractivity contribution is 5.67. The third-order valence-corrected chi connectivity index (χ3v) is 5.25. The molecule has 0 amide bonds. The lowest BCUT2D eigenvalue weighted by atomic mass is 9.88. The monoisotopic (exact) mass is 323 g/mol. The normalized spacial score (nSPS) is 18.5. The van der Waals surface area contributed by atoms with Gasteiger partial charge in [-0.25, -0.2) is 0 Å². The van der Waals surface area contributed by atoms with Crippen LogP contribution in [0.25, 0.3) is 5.57 Å². The van der Waals surface area contributed by atoms with Gasteiger partial charge in [0.25, 0.3) is 0 Å². The van der Waals surface area contributed by atoms with E-state index in [0.717, 1.165) is 24.2 Å². The molecule has 2 aromatic heterocycles. The van der Waals surface area contributed by atoms with Crippen molar-refractivity contribution >= 4 is 5.57 Å². The molecule has 1 saturated carbocycles. The summed E-state index contributed by atoms with van der Waals surface area (Å²) >= 11 is 0. The van der Waals surface area contributed by atoms with Gasteiger partial charge in [0.15, 0.2) is 0 Å². The summed E-state index contributed by atoms with van der Waals surface area (Å²) in [6.45, 7) is 2.71. The number of ether oxygens (including phenoxy) is 1. The molecule has 4 rings (SSSR count). The average molecular weight is 323 g/mol. The van der Waals surface area contributed by atoms with Crippen LogP contribution in [0.2, 0.25) is 0 Å². The fourth-order valence-corrected chi connectivity index (χ4v) is 3.69. The molecular formula is C20H25N3O. The first-order valence-corrected chi connectivity index (χ1v) is 9.10. The fourth-order valence-electron chi connectivity index (χ4n) is 3.69. The Labute approximate surface area is 143 Å². The highest BCUT2D eigenvalue weighted by Gasteiger charge is 2.25. The van der Waals surface area contributed by atoms with Crippen molar-refractivity contribution in [2.45, 2.75) is 57.9 Å². The van der Waals surface area contributed by atoms with Crippen LogP contribution in [-0.4, -0.2) is 21.4 Å². The van der Waals surface area contributed by atoms with Crippen LogP contribution in [0.15, 0.2) is 36.3 Å². The van der Waals surface area contributed by atoms with E-state index >= 15 is 0 Å². The van der Waals surface area contributed by atoms with E-state index in [-0.39, 0.29) is 0 Å². The van der Waals surface area contributed by atoms with E-state index in [1.54, 1.807) is 6.20 Å². The zero-order valence-corrected chi connectivity index (χ0v) is 14.4. The summed E-state index contributed by atoms with van der Waals surface area (Å²) < 4.78 is 8.31. The van der Waals surface area contributed by atoms with Crippen LogP contribution in [0, 0.1) is 6.92 Å². The highest BCUT2D eigenvalue weighted by atomic mass is 16.5. The summed E-state index contributed by atoms with van der Waals surface area (Å²) in [4.78, 5) is 4.22. The summed E-state index contributed by atoms with van der Waals surface area (Å²) in [5, 5.41) is 4.61. The molecule has 0 bridgehead atoms. The number of nitrogens with zero attached hydrogens (tertiary/aromatic N) is 3. The number of allylic oxidation sites excluding steroid dienone is 1. The van der Waals surface area contributed by atoms with E-state index in [2.05, 4.69) is 26.9 Å². The lowest BCUT2D eigenvalue weighted by molar-refractivity contribution is 0.286. The van der Waals surface area contributed by atoms with Gasteiger partial charge in [-0.05, 0) is 80.7 Å². The predicted molar refractivity (Wildman–Crippen MR) is 95.0 cm³/mol. The molecule has 0 aromatic carbocycles. The third kappa shape index (κ3) is 3.10. The minimum Gasteiger partial charge on any atom is -0.488 e. The molecule has 0 aliphatic heterocycles. The Kier molecular flexibility index (Phi) is 4.37. The van der Waals surface area contributed by atoms with E-state index in [0.29, 0.717) is 12.6 Å². The van der Waals surface area contributed by atoms with Crippen LogP contribution < -0.4 is 4.74 Å². The Morgan fingerprint density at radius 2 is 2.04 bits per heavy atom. The van der Waals surface area contributed by atoms with Gasteiger partial charge >= 0.3 is 0 Å². The van der Waals surface area contributed by atoms with Gasteiger partial charge < -0.3 is 4.74 Å². The van der Waals surface area contributed by atoms with Gasteiger partial charge in [0.05, 0.1) is 17.9 Å². The standard InChI is InChI=1S/C20H25N3O/c1-15-11-18(13-21-12-15)24-14-16-5-2-3-8-19(16)20-9-10-22-23(20)17-6-4-7-17/h9-13,17H,2-8,14H2,1H3. The summed E-state index contributed by atoms with van der Waals surface area (Å²) in [7, 11) is 0. The number of rotatable bonds is 5. The molecule has 0 radical (unpaired) electrons. The first kappa shape index (κ1) is 15.4. The Balaban J connectivity index is 1.57. The number of pyridine rings is 1. The predicted octanol–water partition coefficient (Wildman–Crippen LogP) is 4.72. The maximum absolute atomic E-state index is 6.05. The van der Waals surface area contributed by atoms with E-state index in [1.807, 2.05) is 19.3 Å². The minimum atomic E-state index is 0.604. The van der Waals surface area contributed by atoms with Crippen molar-refractivity contribution in [3.8, 4) is 5.75 Å². The quantitative estimate of drug-likeness (QED) is 0.799. The summed E-state index contributed by atoms with van der Waals surface area (Å²) in [6.07, 6.45) is 14.3. The molecule has 1 fully saturated rings. The van der Waals surface area contributed by atoms with Crippen molar-refractivity contribution in [3.05, 3.63) is 47.6 Å². The van der Waals surface area contributed by atoms with E-state index in [4.69, 9.17) is 4.74 Å². The van der Waals surface area contributed by atoms with Crippen molar-refractivity contribution in [2.24, 2.45) is 0 Å². The molecule has 0 saturated heterocycles. The molecular weight excluding hydrogens is 298 g/mol. The molecule has 2 aliphatic rings. The lowest BCUT2D eigenvalue weighted by Gasteiger charge is -2.29. The number of hydrogen-bond acceptors (Lipinski definition) is 3. The molecule has 2 aliphatic carbocycles. The van der Waals surface area contributed by atoms with Crippen molar-refractivity contribution in [1.82, 2.24) is 14.8 Å². The summed E-state index contributed by atoms with van der Waals surface area (Å²) in [5.74, 6) is 0.861. The molecule has 4 nitrogen and oxygen atoms in total. The average Bonchev–Trinajstić information content (AvgIpc) is 3.00. The number of aromatic nitrogens is 3. The topological polar surface area (TPSA) is 39.9 Å². The number of aryl methyl sites for hydroxylation is 1. The lowest BCUT2D eigenvalue weighted by Crippen LogP contribution is -2.21. The summed E-state index contributed by atoms with van der Waals surface area (Å²) in [6, 6.07) is 4.84. The number of hydrogen-bond donors (Lipinski definition) is 0. The van der Waals surface area contributed by atoms with Gasteiger partial charge in [0.2, 0.25) is 0 Å². The second-order valence-electron chi connectivity index (χ2n) is 7.02. The van der Waals surface area contributed by atoms with E-state index in [9.17, 15) is 0 Å². The Morgan fingerprint density at radius 1 is 1.17 bits per heavy atom. The van der Waals surface area contributed by atoms with Gasteiger partial charge in [0, 0.05) is 12.4 Å². The second-order valence-corrected chi connectivity index (χ2v) is 7.02. The van der Waals surface area contributed by atoms with Crippen LogP contribution >= 0.6 is 0 Å².